The number of anilines is 1. The highest BCUT2D eigenvalue weighted by atomic mass is 32.2. The smallest absolute Gasteiger partial charge is 0.269 e. The van der Waals surface area contributed by atoms with Gasteiger partial charge in [0.25, 0.3) is 5.69 Å². The van der Waals surface area contributed by atoms with Gasteiger partial charge in [-0.1, -0.05) is 36.0 Å². The molecule has 1 N–H and O–H groups in total. The van der Waals surface area contributed by atoms with Crippen LogP contribution in [-0.2, 0) is 10.5 Å². The van der Waals surface area contributed by atoms with Crippen LogP contribution in [-0.4, -0.2) is 34.1 Å². The first kappa shape index (κ1) is 18.6. The summed E-state index contributed by atoms with van der Waals surface area (Å²) in [5.41, 5.74) is 1.83. The van der Waals surface area contributed by atoms with Gasteiger partial charge in [-0.2, -0.15) is 0 Å². The molecule has 4 rings (SSSR count). The van der Waals surface area contributed by atoms with Gasteiger partial charge in [-0.05, 0) is 30.5 Å². The molecule has 3 aromatic rings. The molecule has 0 radical (unpaired) electrons. The fourth-order valence-corrected chi connectivity index (χ4v) is 3.97. The molecule has 0 bridgehead atoms. The number of benzene rings is 2. The van der Waals surface area contributed by atoms with Gasteiger partial charge in [0.1, 0.15) is 5.82 Å². The molecule has 1 fully saturated rings. The van der Waals surface area contributed by atoms with E-state index in [1.807, 2.05) is 30.3 Å². The number of nitrogens with zero attached hydrogens (tertiary/aromatic N) is 3. The largest absolute Gasteiger partial charge is 0.376 e. The SMILES string of the molecule is O=[N+]([O-])c1cccc(CSc2nc(NC[C@@H]3CCCO3)c3ccccc3n2)c1. The lowest BCUT2D eigenvalue weighted by Crippen LogP contribution is -2.19. The number of rotatable bonds is 7. The minimum absolute atomic E-state index is 0.0939. The Morgan fingerprint density at radius 2 is 2.11 bits per heavy atom. The fourth-order valence-electron chi connectivity index (χ4n) is 3.18. The summed E-state index contributed by atoms with van der Waals surface area (Å²) in [5, 5.41) is 16.0. The number of nitro benzene ring substituents is 1. The first-order chi connectivity index (χ1) is 13.7. The van der Waals surface area contributed by atoms with Crippen molar-refractivity contribution in [2.45, 2.75) is 29.9 Å². The summed E-state index contributed by atoms with van der Waals surface area (Å²) < 4.78 is 5.69. The average molecular weight is 396 g/mol. The van der Waals surface area contributed by atoms with E-state index in [-0.39, 0.29) is 16.7 Å². The lowest BCUT2D eigenvalue weighted by atomic mass is 10.2. The molecule has 1 aromatic heterocycles. The highest BCUT2D eigenvalue weighted by Crippen LogP contribution is 2.27. The highest BCUT2D eigenvalue weighted by Gasteiger charge is 2.16. The van der Waals surface area contributed by atoms with Gasteiger partial charge in [-0.15, -0.1) is 0 Å². The molecule has 28 heavy (non-hydrogen) atoms. The van der Waals surface area contributed by atoms with E-state index < -0.39 is 0 Å². The Morgan fingerprint density at radius 1 is 1.21 bits per heavy atom. The molecular weight excluding hydrogens is 376 g/mol. The van der Waals surface area contributed by atoms with Gasteiger partial charge in [0, 0.05) is 36.4 Å². The van der Waals surface area contributed by atoms with E-state index in [4.69, 9.17) is 4.74 Å². The van der Waals surface area contributed by atoms with Crippen LogP contribution in [0.4, 0.5) is 11.5 Å². The number of nitrogens with one attached hydrogen (secondary N) is 1. The Bertz CT molecular complexity index is 992. The van der Waals surface area contributed by atoms with Crippen LogP contribution in [0.1, 0.15) is 18.4 Å². The molecule has 0 saturated carbocycles. The number of thioether (sulfide) groups is 1. The molecule has 0 spiro atoms. The topological polar surface area (TPSA) is 90.2 Å². The number of nitro groups is 1. The van der Waals surface area contributed by atoms with Crippen LogP contribution in [0.25, 0.3) is 10.9 Å². The third-order valence-corrected chi connectivity index (χ3v) is 5.51. The molecule has 2 aromatic carbocycles. The number of aromatic nitrogens is 2. The molecule has 0 aliphatic carbocycles. The molecule has 1 atom stereocenters. The van der Waals surface area contributed by atoms with E-state index in [9.17, 15) is 10.1 Å². The minimum Gasteiger partial charge on any atom is -0.376 e. The summed E-state index contributed by atoms with van der Waals surface area (Å²) in [4.78, 5) is 19.9. The van der Waals surface area contributed by atoms with Crippen LogP contribution in [0.3, 0.4) is 0 Å². The molecule has 144 valence electrons. The standard InChI is InChI=1S/C20H20N4O3S/c25-24(26)15-6-3-5-14(11-15)13-28-20-22-18-9-2-1-8-17(18)19(23-20)21-12-16-7-4-10-27-16/h1-3,5-6,8-9,11,16H,4,7,10,12-13H2,(H,21,22,23)/t16-/m0/s1. The first-order valence-electron chi connectivity index (χ1n) is 9.17. The van der Waals surface area contributed by atoms with Crippen molar-refractivity contribution < 1.29 is 9.66 Å². The summed E-state index contributed by atoms with van der Waals surface area (Å²) in [5.74, 6) is 1.35. The first-order valence-corrected chi connectivity index (χ1v) is 10.2. The number of hydrogen-bond acceptors (Lipinski definition) is 7. The molecular formula is C20H20N4O3S. The van der Waals surface area contributed by atoms with Crippen LogP contribution in [0.15, 0.2) is 53.7 Å². The molecule has 1 aliphatic rings. The van der Waals surface area contributed by atoms with Crippen LogP contribution < -0.4 is 5.32 Å². The Morgan fingerprint density at radius 3 is 2.93 bits per heavy atom. The maximum absolute atomic E-state index is 11.0. The average Bonchev–Trinajstić information content (AvgIpc) is 3.24. The highest BCUT2D eigenvalue weighted by molar-refractivity contribution is 7.98. The third kappa shape index (κ3) is 4.40. The van der Waals surface area contributed by atoms with E-state index in [1.54, 1.807) is 12.1 Å². The third-order valence-electron chi connectivity index (χ3n) is 4.59. The predicted octanol–water partition coefficient (Wildman–Crippen LogP) is 4.42. The number of fused-ring (bicyclic) bond motifs is 1. The van der Waals surface area contributed by atoms with Gasteiger partial charge in [-0.3, -0.25) is 10.1 Å². The second-order valence-electron chi connectivity index (χ2n) is 6.60. The second kappa shape index (κ2) is 8.53. The summed E-state index contributed by atoms with van der Waals surface area (Å²) >= 11 is 1.46. The molecule has 0 amide bonds. The van der Waals surface area contributed by atoms with Gasteiger partial charge in [-0.25, -0.2) is 9.97 Å². The van der Waals surface area contributed by atoms with Crippen molar-refractivity contribution >= 4 is 34.2 Å². The van der Waals surface area contributed by atoms with Gasteiger partial charge >= 0.3 is 0 Å². The molecule has 1 saturated heterocycles. The van der Waals surface area contributed by atoms with Crippen molar-refractivity contribution in [3.8, 4) is 0 Å². The normalized spacial score (nSPS) is 16.4. The van der Waals surface area contributed by atoms with Crippen molar-refractivity contribution in [2.75, 3.05) is 18.5 Å². The zero-order chi connectivity index (χ0) is 19.3. The molecule has 1 aliphatic heterocycles. The maximum Gasteiger partial charge on any atom is 0.269 e. The second-order valence-corrected chi connectivity index (χ2v) is 7.55. The van der Waals surface area contributed by atoms with Crippen LogP contribution in [0.5, 0.6) is 0 Å². The van der Waals surface area contributed by atoms with Crippen LogP contribution in [0.2, 0.25) is 0 Å². The zero-order valence-electron chi connectivity index (χ0n) is 15.2. The van der Waals surface area contributed by atoms with Crippen molar-refractivity contribution in [3.05, 3.63) is 64.2 Å². The van der Waals surface area contributed by atoms with Gasteiger partial charge in [0.05, 0.1) is 16.5 Å². The lowest BCUT2D eigenvalue weighted by molar-refractivity contribution is -0.384. The van der Waals surface area contributed by atoms with E-state index in [0.717, 1.165) is 48.3 Å². The quantitative estimate of drug-likeness (QED) is 0.274. The Labute approximate surface area is 166 Å². The minimum atomic E-state index is -0.381. The molecule has 7 nitrogen and oxygen atoms in total. The number of hydrogen-bond donors (Lipinski definition) is 1. The monoisotopic (exact) mass is 396 g/mol. The van der Waals surface area contributed by atoms with E-state index in [1.165, 1.54) is 17.8 Å². The van der Waals surface area contributed by atoms with Crippen molar-refractivity contribution in [2.24, 2.45) is 0 Å². The van der Waals surface area contributed by atoms with Gasteiger partial charge in [0.15, 0.2) is 5.16 Å². The number of para-hydroxylation sites is 1. The molecule has 2 heterocycles. The van der Waals surface area contributed by atoms with Crippen molar-refractivity contribution in [1.29, 1.82) is 0 Å². The summed E-state index contributed by atoms with van der Waals surface area (Å²) in [7, 11) is 0. The van der Waals surface area contributed by atoms with Crippen LogP contribution >= 0.6 is 11.8 Å². The number of non-ortho nitro benzene ring substituents is 1. The van der Waals surface area contributed by atoms with Gasteiger partial charge < -0.3 is 10.1 Å². The van der Waals surface area contributed by atoms with Gasteiger partial charge in [0.2, 0.25) is 0 Å². The molecule has 0 unspecified atom stereocenters. The van der Waals surface area contributed by atoms with E-state index in [0.29, 0.717) is 10.9 Å². The van der Waals surface area contributed by atoms with Crippen LogP contribution in [0, 0.1) is 10.1 Å². The zero-order valence-corrected chi connectivity index (χ0v) is 16.0. The lowest BCUT2D eigenvalue weighted by Gasteiger charge is -2.14. The van der Waals surface area contributed by atoms with E-state index in [2.05, 4.69) is 15.3 Å². The Kier molecular flexibility index (Phi) is 5.68. The van der Waals surface area contributed by atoms with E-state index >= 15 is 0 Å². The summed E-state index contributed by atoms with van der Waals surface area (Å²) in [6.07, 6.45) is 2.38. The summed E-state index contributed by atoms with van der Waals surface area (Å²) in [6, 6.07) is 14.5. The summed E-state index contributed by atoms with van der Waals surface area (Å²) in [6.45, 7) is 1.54. The maximum atomic E-state index is 11.0. The predicted molar refractivity (Wildman–Crippen MR) is 110 cm³/mol. The van der Waals surface area contributed by atoms with Crippen molar-refractivity contribution in [3.63, 3.8) is 0 Å². The fraction of sp³-hybridized carbons (Fsp3) is 0.300. The number of ether oxygens (including phenoxy) is 1. The Hall–Kier alpha value is -2.71. The molecule has 8 heteroatoms. The van der Waals surface area contributed by atoms with Crippen molar-refractivity contribution in [1.82, 2.24) is 9.97 Å². The Balaban J connectivity index is 1.53.